The summed E-state index contributed by atoms with van der Waals surface area (Å²) in [5.74, 6) is -1.03. The average molecular weight is 281 g/mol. The van der Waals surface area contributed by atoms with Gasteiger partial charge in [0.25, 0.3) is 0 Å². The third-order valence-corrected chi connectivity index (χ3v) is 3.41. The molecule has 1 nitrogen and oxygen atoms in total. The SMILES string of the molecule is CC1Cc2cc(Cl)cc(-c3ccc(F)c(F)c3)c2O1. The van der Waals surface area contributed by atoms with Crippen molar-refractivity contribution in [2.24, 2.45) is 0 Å². The molecule has 1 aliphatic heterocycles. The van der Waals surface area contributed by atoms with E-state index in [0.29, 0.717) is 21.9 Å². The van der Waals surface area contributed by atoms with E-state index in [1.54, 1.807) is 6.07 Å². The lowest BCUT2D eigenvalue weighted by atomic mass is 10.0. The molecule has 0 saturated heterocycles. The number of rotatable bonds is 1. The summed E-state index contributed by atoms with van der Waals surface area (Å²) >= 11 is 6.07. The molecule has 3 rings (SSSR count). The van der Waals surface area contributed by atoms with Crippen LogP contribution in [0.1, 0.15) is 12.5 Å². The smallest absolute Gasteiger partial charge is 0.159 e. The first kappa shape index (κ1) is 12.4. The third kappa shape index (κ3) is 2.19. The predicted octanol–water partition coefficient (Wildman–Crippen LogP) is 4.61. The molecule has 0 fully saturated rings. The van der Waals surface area contributed by atoms with Crippen molar-refractivity contribution in [3.63, 3.8) is 0 Å². The molecule has 0 spiro atoms. The maximum atomic E-state index is 13.3. The van der Waals surface area contributed by atoms with Crippen LogP contribution >= 0.6 is 11.6 Å². The molecule has 19 heavy (non-hydrogen) atoms. The van der Waals surface area contributed by atoms with Gasteiger partial charge >= 0.3 is 0 Å². The molecule has 1 aliphatic rings. The minimum absolute atomic E-state index is 0.0671. The standard InChI is InChI=1S/C15H11ClF2O/c1-8-4-10-5-11(16)7-12(15(10)19-8)9-2-3-13(17)14(18)6-9/h2-3,5-8H,4H2,1H3. The molecule has 0 bridgehead atoms. The summed E-state index contributed by atoms with van der Waals surface area (Å²) in [7, 11) is 0. The molecule has 0 aromatic heterocycles. The molecule has 2 aromatic rings. The highest BCUT2D eigenvalue weighted by atomic mass is 35.5. The van der Waals surface area contributed by atoms with Crippen LogP contribution in [0.5, 0.6) is 5.75 Å². The first-order valence-electron chi connectivity index (χ1n) is 5.99. The summed E-state index contributed by atoms with van der Waals surface area (Å²) < 4.78 is 32.1. The summed E-state index contributed by atoms with van der Waals surface area (Å²) in [6.45, 7) is 1.96. The Hall–Kier alpha value is -1.61. The van der Waals surface area contributed by atoms with Crippen LogP contribution in [-0.4, -0.2) is 6.10 Å². The minimum atomic E-state index is -0.878. The van der Waals surface area contributed by atoms with Crippen molar-refractivity contribution in [1.82, 2.24) is 0 Å². The maximum Gasteiger partial charge on any atom is 0.159 e. The van der Waals surface area contributed by atoms with Gasteiger partial charge in [-0.25, -0.2) is 8.78 Å². The van der Waals surface area contributed by atoms with E-state index >= 15 is 0 Å². The highest BCUT2D eigenvalue weighted by Gasteiger charge is 2.24. The normalized spacial score (nSPS) is 17.2. The van der Waals surface area contributed by atoms with E-state index < -0.39 is 11.6 Å². The molecule has 98 valence electrons. The van der Waals surface area contributed by atoms with E-state index in [2.05, 4.69) is 0 Å². The highest BCUT2D eigenvalue weighted by Crippen LogP contribution is 2.41. The van der Waals surface area contributed by atoms with Gasteiger partial charge in [0, 0.05) is 17.0 Å². The molecule has 0 amide bonds. The molecule has 1 atom stereocenters. The van der Waals surface area contributed by atoms with Gasteiger partial charge in [0.05, 0.1) is 0 Å². The zero-order valence-electron chi connectivity index (χ0n) is 10.2. The fourth-order valence-corrected chi connectivity index (χ4v) is 2.61. The lowest BCUT2D eigenvalue weighted by Gasteiger charge is -2.10. The molecule has 1 unspecified atom stereocenters. The van der Waals surface area contributed by atoms with E-state index in [0.717, 1.165) is 24.1 Å². The Morgan fingerprint density at radius 3 is 2.68 bits per heavy atom. The Morgan fingerprint density at radius 2 is 1.95 bits per heavy atom. The van der Waals surface area contributed by atoms with E-state index in [9.17, 15) is 8.78 Å². The van der Waals surface area contributed by atoms with Crippen molar-refractivity contribution in [3.05, 3.63) is 52.6 Å². The first-order chi connectivity index (χ1) is 9.04. The van der Waals surface area contributed by atoms with Crippen LogP contribution in [0, 0.1) is 11.6 Å². The van der Waals surface area contributed by atoms with Crippen LogP contribution in [0.2, 0.25) is 5.02 Å². The number of hydrogen-bond acceptors (Lipinski definition) is 1. The number of fused-ring (bicyclic) bond motifs is 1. The van der Waals surface area contributed by atoms with Gasteiger partial charge in [0.2, 0.25) is 0 Å². The Kier molecular flexibility index (Phi) is 2.94. The molecule has 0 saturated carbocycles. The topological polar surface area (TPSA) is 9.23 Å². The van der Waals surface area contributed by atoms with Crippen LogP contribution in [0.15, 0.2) is 30.3 Å². The first-order valence-corrected chi connectivity index (χ1v) is 6.37. The fourth-order valence-electron chi connectivity index (χ4n) is 2.37. The van der Waals surface area contributed by atoms with Crippen molar-refractivity contribution >= 4 is 11.6 Å². The van der Waals surface area contributed by atoms with Crippen LogP contribution in [-0.2, 0) is 6.42 Å². The second-order valence-corrected chi connectivity index (χ2v) is 5.14. The van der Waals surface area contributed by atoms with Gasteiger partial charge in [0.1, 0.15) is 11.9 Å². The Bertz CT molecular complexity index is 655. The largest absolute Gasteiger partial charge is 0.489 e. The van der Waals surface area contributed by atoms with E-state index in [4.69, 9.17) is 16.3 Å². The summed E-state index contributed by atoms with van der Waals surface area (Å²) in [6, 6.07) is 7.36. The average Bonchev–Trinajstić information content (AvgIpc) is 2.72. The van der Waals surface area contributed by atoms with Gasteiger partial charge in [0.15, 0.2) is 11.6 Å². The van der Waals surface area contributed by atoms with Gasteiger partial charge in [-0.05, 0) is 42.3 Å². The van der Waals surface area contributed by atoms with Crippen molar-refractivity contribution in [3.8, 4) is 16.9 Å². The Morgan fingerprint density at radius 1 is 1.16 bits per heavy atom. The van der Waals surface area contributed by atoms with Crippen molar-refractivity contribution < 1.29 is 13.5 Å². The maximum absolute atomic E-state index is 13.3. The third-order valence-electron chi connectivity index (χ3n) is 3.19. The summed E-state index contributed by atoms with van der Waals surface area (Å²) in [5.41, 5.74) is 2.26. The van der Waals surface area contributed by atoms with Crippen molar-refractivity contribution in [2.75, 3.05) is 0 Å². The van der Waals surface area contributed by atoms with E-state index in [-0.39, 0.29) is 6.10 Å². The fraction of sp³-hybridized carbons (Fsp3) is 0.200. The van der Waals surface area contributed by atoms with Crippen LogP contribution in [0.25, 0.3) is 11.1 Å². The van der Waals surface area contributed by atoms with Crippen molar-refractivity contribution in [1.29, 1.82) is 0 Å². The molecule has 0 radical (unpaired) electrons. The Balaban J connectivity index is 2.18. The Labute approximate surface area is 114 Å². The molecule has 0 aliphatic carbocycles. The number of ether oxygens (including phenoxy) is 1. The predicted molar refractivity (Wildman–Crippen MR) is 70.6 cm³/mol. The molecule has 0 N–H and O–H groups in total. The lowest BCUT2D eigenvalue weighted by Crippen LogP contribution is -2.05. The minimum Gasteiger partial charge on any atom is -0.489 e. The van der Waals surface area contributed by atoms with Gasteiger partial charge in [-0.3, -0.25) is 0 Å². The number of hydrogen-bond donors (Lipinski definition) is 0. The van der Waals surface area contributed by atoms with Crippen LogP contribution in [0.3, 0.4) is 0 Å². The molecule has 2 aromatic carbocycles. The zero-order valence-corrected chi connectivity index (χ0v) is 11.0. The quantitative estimate of drug-likeness (QED) is 0.741. The number of benzene rings is 2. The van der Waals surface area contributed by atoms with Crippen molar-refractivity contribution in [2.45, 2.75) is 19.4 Å². The molecule has 1 heterocycles. The lowest BCUT2D eigenvalue weighted by molar-refractivity contribution is 0.255. The second kappa shape index (κ2) is 4.49. The van der Waals surface area contributed by atoms with E-state index in [1.807, 2.05) is 13.0 Å². The monoisotopic (exact) mass is 280 g/mol. The second-order valence-electron chi connectivity index (χ2n) is 4.70. The van der Waals surface area contributed by atoms with Crippen LogP contribution in [0.4, 0.5) is 8.78 Å². The van der Waals surface area contributed by atoms with Gasteiger partial charge in [-0.1, -0.05) is 17.7 Å². The number of halogens is 3. The van der Waals surface area contributed by atoms with Gasteiger partial charge < -0.3 is 4.74 Å². The highest BCUT2D eigenvalue weighted by molar-refractivity contribution is 6.31. The summed E-state index contributed by atoms with van der Waals surface area (Å²) in [6.07, 6.45) is 0.838. The van der Waals surface area contributed by atoms with Gasteiger partial charge in [-0.15, -0.1) is 0 Å². The zero-order chi connectivity index (χ0) is 13.6. The summed E-state index contributed by atoms with van der Waals surface area (Å²) in [4.78, 5) is 0. The van der Waals surface area contributed by atoms with E-state index in [1.165, 1.54) is 6.07 Å². The van der Waals surface area contributed by atoms with Gasteiger partial charge in [-0.2, -0.15) is 0 Å². The van der Waals surface area contributed by atoms with Crippen LogP contribution < -0.4 is 4.74 Å². The molecule has 4 heteroatoms. The molecular weight excluding hydrogens is 270 g/mol. The molecular formula is C15H11ClF2O. The summed E-state index contributed by atoms with van der Waals surface area (Å²) in [5, 5.41) is 0.566.